The molecule has 0 fully saturated rings. The van der Waals surface area contributed by atoms with Crippen LogP contribution < -0.4 is 5.32 Å². The minimum Gasteiger partial charge on any atom is -0.311 e. The molecule has 1 aromatic rings. The summed E-state index contributed by atoms with van der Waals surface area (Å²) in [5.41, 5.74) is 0.385. The van der Waals surface area contributed by atoms with E-state index in [0.29, 0.717) is 12.1 Å². The summed E-state index contributed by atoms with van der Waals surface area (Å²) in [5.74, 6) is -0.310. The van der Waals surface area contributed by atoms with Crippen LogP contribution in [0.2, 0.25) is 5.02 Å². The fraction of sp³-hybridized carbons (Fsp3) is 0.571. The van der Waals surface area contributed by atoms with Crippen LogP contribution in [0.1, 0.15) is 40.2 Å². The van der Waals surface area contributed by atoms with Gasteiger partial charge in [0.15, 0.2) is 0 Å². The summed E-state index contributed by atoms with van der Waals surface area (Å²) in [6.45, 7) is 11.0. The lowest BCUT2D eigenvalue weighted by Gasteiger charge is -2.31. The van der Waals surface area contributed by atoms with Crippen molar-refractivity contribution in [1.29, 1.82) is 0 Å². The molecule has 1 rings (SSSR count). The van der Waals surface area contributed by atoms with Gasteiger partial charge in [0, 0.05) is 17.5 Å². The zero-order chi connectivity index (χ0) is 13.3. The molecule has 0 aliphatic carbocycles. The molecule has 0 unspecified atom stereocenters. The lowest BCUT2D eigenvalue weighted by Crippen LogP contribution is -2.43. The molecule has 0 saturated heterocycles. The molecule has 0 saturated carbocycles. The van der Waals surface area contributed by atoms with Gasteiger partial charge >= 0.3 is 0 Å². The monoisotopic (exact) mass is 257 g/mol. The molecule has 0 atom stereocenters. The summed E-state index contributed by atoms with van der Waals surface area (Å²) in [4.78, 5) is 0. The molecule has 17 heavy (non-hydrogen) atoms. The normalized spacial score (nSPS) is 12.9. The first-order valence-corrected chi connectivity index (χ1v) is 6.21. The van der Waals surface area contributed by atoms with Crippen LogP contribution >= 0.6 is 11.6 Å². The molecule has 0 radical (unpaired) electrons. The number of halogens is 2. The predicted octanol–water partition coefficient (Wildman–Crippen LogP) is 4.14. The van der Waals surface area contributed by atoms with E-state index in [2.05, 4.69) is 26.1 Å². The van der Waals surface area contributed by atoms with Crippen LogP contribution in [0.25, 0.3) is 0 Å². The van der Waals surface area contributed by atoms with Gasteiger partial charge in [0.05, 0.1) is 5.02 Å². The highest BCUT2D eigenvalue weighted by molar-refractivity contribution is 6.30. The molecule has 0 heterocycles. The van der Waals surface area contributed by atoms with E-state index in [0.717, 1.165) is 0 Å². The third-order valence-corrected chi connectivity index (χ3v) is 3.03. The third kappa shape index (κ3) is 3.97. The van der Waals surface area contributed by atoms with E-state index in [1.807, 2.05) is 13.8 Å². The maximum Gasteiger partial charge on any atom is 0.145 e. The number of rotatable bonds is 3. The third-order valence-electron chi connectivity index (χ3n) is 2.74. The van der Waals surface area contributed by atoms with Gasteiger partial charge in [-0.05, 0) is 32.4 Å². The van der Waals surface area contributed by atoms with Crippen LogP contribution in [0.15, 0.2) is 18.2 Å². The van der Waals surface area contributed by atoms with E-state index in [1.165, 1.54) is 0 Å². The Kier molecular flexibility index (Phi) is 4.21. The van der Waals surface area contributed by atoms with Gasteiger partial charge in [0.2, 0.25) is 0 Å². The van der Waals surface area contributed by atoms with Crippen LogP contribution in [0.5, 0.6) is 0 Å². The van der Waals surface area contributed by atoms with E-state index >= 15 is 0 Å². The van der Waals surface area contributed by atoms with Crippen molar-refractivity contribution in [2.24, 2.45) is 0 Å². The Morgan fingerprint density at radius 3 is 2.29 bits per heavy atom. The van der Waals surface area contributed by atoms with Crippen LogP contribution in [0, 0.1) is 5.82 Å². The van der Waals surface area contributed by atoms with Crippen LogP contribution in [0.3, 0.4) is 0 Å². The highest BCUT2D eigenvalue weighted by atomic mass is 35.5. The van der Waals surface area contributed by atoms with E-state index in [4.69, 9.17) is 11.6 Å². The van der Waals surface area contributed by atoms with Gasteiger partial charge in [-0.1, -0.05) is 37.6 Å². The van der Waals surface area contributed by atoms with Gasteiger partial charge in [0.1, 0.15) is 5.82 Å². The van der Waals surface area contributed by atoms with Crippen molar-refractivity contribution < 1.29 is 4.39 Å². The van der Waals surface area contributed by atoms with E-state index in [1.54, 1.807) is 18.2 Å². The second-order valence-corrected chi connectivity index (χ2v) is 6.50. The van der Waals surface area contributed by atoms with Gasteiger partial charge in [-0.25, -0.2) is 4.39 Å². The Morgan fingerprint density at radius 1 is 1.18 bits per heavy atom. The standard InChI is InChI=1S/C14H21ClFN/c1-13(2,3)17-9-14(4,5)10-7-6-8-11(15)12(10)16/h6-8,17H,9H2,1-5H3. The highest BCUT2D eigenvalue weighted by Gasteiger charge is 2.26. The number of nitrogens with one attached hydrogen (secondary N) is 1. The predicted molar refractivity (Wildman–Crippen MR) is 72.2 cm³/mol. The average molecular weight is 258 g/mol. The van der Waals surface area contributed by atoms with Gasteiger partial charge in [0.25, 0.3) is 0 Å². The molecule has 0 aliphatic heterocycles. The van der Waals surface area contributed by atoms with Gasteiger partial charge < -0.3 is 5.32 Å². The molecule has 0 bridgehead atoms. The average Bonchev–Trinajstić information content (AvgIpc) is 2.18. The van der Waals surface area contributed by atoms with E-state index in [-0.39, 0.29) is 21.8 Å². The first kappa shape index (κ1) is 14.5. The Balaban J connectivity index is 2.93. The van der Waals surface area contributed by atoms with Gasteiger partial charge in [-0.2, -0.15) is 0 Å². The fourth-order valence-corrected chi connectivity index (χ4v) is 1.78. The second kappa shape index (κ2) is 4.95. The van der Waals surface area contributed by atoms with E-state index < -0.39 is 0 Å². The topological polar surface area (TPSA) is 12.0 Å². The molecule has 0 aromatic heterocycles. The Labute approximate surface area is 108 Å². The molecule has 1 N–H and O–H groups in total. The Hall–Kier alpha value is -0.600. The van der Waals surface area contributed by atoms with Crippen molar-refractivity contribution in [1.82, 2.24) is 5.32 Å². The summed E-state index contributed by atoms with van der Waals surface area (Å²) in [5, 5.41) is 3.58. The lowest BCUT2D eigenvalue weighted by molar-refractivity contribution is 0.356. The van der Waals surface area contributed by atoms with Crippen molar-refractivity contribution in [3.63, 3.8) is 0 Å². The summed E-state index contributed by atoms with van der Waals surface area (Å²) < 4.78 is 14.0. The quantitative estimate of drug-likeness (QED) is 0.858. The lowest BCUT2D eigenvalue weighted by atomic mass is 9.83. The maximum atomic E-state index is 14.0. The van der Waals surface area contributed by atoms with Crippen LogP contribution in [0.4, 0.5) is 4.39 Å². The second-order valence-electron chi connectivity index (χ2n) is 6.09. The zero-order valence-electron chi connectivity index (χ0n) is 11.2. The summed E-state index contributed by atoms with van der Waals surface area (Å²) >= 11 is 5.81. The summed E-state index contributed by atoms with van der Waals surface area (Å²) in [6.07, 6.45) is 0. The smallest absolute Gasteiger partial charge is 0.145 e. The molecule has 0 amide bonds. The molecule has 3 heteroatoms. The van der Waals surface area contributed by atoms with Crippen molar-refractivity contribution in [3.8, 4) is 0 Å². The first-order valence-electron chi connectivity index (χ1n) is 5.83. The van der Waals surface area contributed by atoms with Gasteiger partial charge in [-0.15, -0.1) is 0 Å². The van der Waals surface area contributed by atoms with Gasteiger partial charge in [-0.3, -0.25) is 0 Å². The Bertz CT molecular complexity index is 394. The van der Waals surface area contributed by atoms with Crippen LogP contribution in [-0.4, -0.2) is 12.1 Å². The molecule has 96 valence electrons. The molecule has 1 aromatic carbocycles. The summed E-state index contributed by atoms with van der Waals surface area (Å²) in [6, 6.07) is 5.17. The van der Waals surface area contributed by atoms with Crippen molar-refractivity contribution in [2.75, 3.05) is 6.54 Å². The molecular formula is C14H21ClFN. The van der Waals surface area contributed by atoms with E-state index in [9.17, 15) is 4.39 Å². The molecular weight excluding hydrogens is 237 g/mol. The number of hydrogen-bond donors (Lipinski definition) is 1. The largest absolute Gasteiger partial charge is 0.311 e. The number of benzene rings is 1. The SMILES string of the molecule is CC(C)(C)NCC(C)(C)c1cccc(Cl)c1F. The first-order chi connectivity index (χ1) is 7.63. The Morgan fingerprint density at radius 2 is 1.76 bits per heavy atom. The van der Waals surface area contributed by atoms with Crippen molar-refractivity contribution >= 4 is 11.6 Å². The molecule has 0 spiro atoms. The van der Waals surface area contributed by atoms with Crippen molar-refractivity contribution in [3.05, 3.63) is 34.6 Å². The molecule has 1 nitrogen and oxygen atoms in total. The summed E-state index contributed by atoms with van der Waals surface area (Å²) in [7, 11) is 0. The van der Waals surface area contributed by atoms with Crippen LogP contribution in [-0.2, 0) is 5.41 Å². The minimum atomic E-state index is -0.310. The molecule has 0 aliphatic rings. The van der Waals surface area contributed by atoms with Crippen molar-refractivity contribution in [2.45, 2.75) is 45.6 Å². The highest BCUT2D eigenvalue weighted by Crippen LogP contribution is 2.29. The minimum absolute atomic E-state index is 0.0202. The fourth-order valence-electron chi connectivity index (χ4n) is 1.61. The number of hydrogen-bond acceptors (Lipinski definition) is 1. The zero-order valence-corrected chi connectivity index (χ0v) is 12.0. The maximum absolute atomic E-state index is 14.0.